The molecule has 2 N–H and O–H groups in total. The van der Waals surface area contributed by atoms with Gasteiger partial charge in [-0.1, -0.05) is 24.3 Å². The van der Waals surface area contributed by atoms with Crippen molar-refractivity contribution in [3.63, 3.8) is 0 Å². The number of hydrogen-bond donors (Lipinski definition) is 2. The molecule has 2 aliphatic carbocycles. The number of fused-ring (bicyclic) bond motifs is 1. The van der Waals surface area contributed by atoms with Crippen LogP contribution in [0.3, 0.4) is 0 Å². The van der Waals surface area contributed by atoms with Crippen LogP contribution in [0.15, 0.2) is 24.3 Å². The third-order valence-electron chi connectivity index (χ3n) is 3.22. The van der Waals surface area contributed by atoms with Crippen LogP contribution >= 0.6 is 0 Å². The highest BCUT2D eigenvalue weighted by atomic mass is 16.3. The molecule has 2 aliphatic rings. The van der Waals surface area contributed by atoms with Crippen LogP contribution in [-0.2, 0) is 6.42 Å². The van der Waals surface area contributed by atoms with Crippen molar-refractivity contribution in [2.24, 2.45) is 0 Å². The average Bonchev–Trinajstić information content (AvgIpc) is 2.95. The van der Waals surface area contributed by atoms with Gasteiger partial charge in [-0.25, -0.2) is 0 Å². The van der Waals surface area contributed by atoms with E-state index in [4.69, 9.17) is 0 Å². The second kappa shape index (κ2) is 3.07. The summed E-state index contributed by atoms with van der Waals surface area (Å²) in [5, 5.41) is 13.6. The zero-order valence-electron chi connectivity index (χ0n) is 8.11. The highest BCUT2D eigenvalue weighted by Gasteiger charge is 2.34. The Morgan fingerprint density at radius 1 is 1.21 bits per heavy atom. The summed E-state index contributed by atoms with van der Waals surface area (Å²) in [5.41, 5.74) is 2.42. The predicted molar refractivity (Wildman–Crippen MR) is 55.1 cm³/mol. The minimum atomic E-state index is -0.299. The monoisotopic (exact) mass is 189 g/mol. The fraction of sp³-hybridized carbons (Fsp3) is 0.500. The van der Waals surface area contributed by atoms with Crippen molar-refractivity contribution < 1.29 is 5.11 Å². The van der Waals surface area contributed by atoms with Gasteiger partial charge in [0, 0.05) is 12.1 Å². The Labute approximate surface area is 84.0 Å². The summed E-state index contributed by atoms with van der Waals surface area (Å²) >= 11 is 0. The highest BCUT2D eigenvalue weighted by Crippen LogP contribution is 2.33. The van der Waals surface area contributed by atoms with Gasteiger partial charge in [0.2, 0.25) is 0 Å². The van der Waals surface area contributed by atoms with Crippen molar-refractivity contribution in [1.29, 1.82) is 0 Å². The summed E-state index contributed by atoms with van der Waals surface area (Å²) in [6.07, 6.45) is 3.24. The van der Waals surface area contributed by atoms with Gasteiger partial charge in [0.05, 0.1) is 6.10 Å². The molecule has 0 radical (unpaired) electrons. The summed E-state index contributed by atoms with van der Waals surface area (Å²) < 4.78 is 0. The Kier molecular flexibility index (Phi) is 1.85. The largest absolute Gasteiger partial charge is 0.387 e. The molecule has 3 rings (SSSR count). The van der Waals surface area contributed by atoms with E-state index in [0.717, 1.165) is 12.0 Å². The molecule has 0 saturated heterocycles. The van der Waals surface area contributed by atoms with Gasteiger partial charge in [0.1, 0.15) is 0 Å². The van der Waals surface area contributed by atoms with E-state index in [0.29, 0.717) is 6.04 Å². The maximum Gasteiger partial charge on any atom is 0.0948 e. The van der Waals surface area contributed by atoms with Crippen LogP contribution in [-0.4, -0.2) is 17.2 Å². The first kappa shape index (κ1) is 8.45. The summed E-state index contributed by atoms with van der Waals surface area (Å²) in [7, 11) is 0. The molecule has 14 heavy (non-hydrogen) atoms. The van der Waals surface area contributed by atoms with Gasteiger partial charge >= 0.3 is 0 Å². The minimum Gasteiger partial charge on any atom is -0.387 e. The number of hydrogen-bond acceptors (Lipinski definition) is 2. The van der Waals surface area contributed by atoms with Crippen LogP contribution in [0.4, 0.5) is 0 Å². The first-order valence-corrected chi connectivity index (χ1v) is 5.36. The molecule has 74 valence electrons. The molecule has 0 bridgehead atoms. The molecule has 0 spiro atoms. The molecule has 0 heterocycles. The normalized spacial score (nSPS) is 30.4. The standard InChI is InChI=1S/C12H15NO/c14-12-10-4-2-1-3-8(10)7-11(12)13-9-5-6-9/h1-4,9,11-14H,5-7H2/t11-,12?/m0/s1. The van der Waals surface area contributed by atoms with Crippen LogP contribution in [0, 0.1) is 0 Å². The molecule has 1 fully saturated rings. The highest BCUT2D eigenvalue weighted by molar-refractivity contribution is 5.35. The summed E-state index contributed by atoms with van der Waals surface area (Å²) in [5.74, 6) is 0. The van der Waals surface area contributed by atoms with Crippen molar-refractivity contribution in [3.8, 4) is 0 Å². The van der Waals surface area contributed by atoms with E-state index in [2.05, 4.69) is 11.4 Å². The van der Waals surface area contributed by atoms with Crippen molar-refractivity contribution in [2.75, 3.05) is 0 Å². The molecule has 2 nitrogen and oxygen atoms in total. The molecule has 1 aromatic rings. The van der Waals surface area contributed by atoms with E-state index in [1.54, 1.807) is 0 Å². The molecule has 1 unspecified atom stereocenters. The Morgan fingerprint density at radius 2 is 2.00 bits per heavy atom. The Bertz CT molecular complexity index is 346. The minimum absolute atomic E-state index is 0.250. The van der Waals surface area contributed by atoms with Gasteiger partial charge in [0.15, 0.2) is 0 Å². The average molecular weight is 189 g/mol. The molecule has 2 heteroatoms. The lowest BCUT2D eigenvalue weighted by atomic mass is 10.1. The topological polar surface area (TPSA) is 32.3 Å². The second-order valence-electron chi connectivity index (χ2n) is 4.40. The lowest BCUT2D eigenvalue weighted by Crippen LogP contribution is -2.34. The van der Waals surface area contributed by atoms with Crippen molar-refractivity contribution in [2.45, 2.75) is 37.5 Å². The maximum absolute atomic E-state index is 10.1. The fourth-order valence-corrected chi connectivity index (χ4v) is 2.28. The molecule has 1 saturated carbocycles. The Hall–Kier alpha value is -0.860. The van der Waals surface area contributed by atoms with E-state index in [-0.39, 0.29) is 12.1 Å². The first-order chi connectivity index (χ1) is 6.84. The van der Waals surface area contributed by atoms with Crippen molar-refractivity contribution >= 4 is 0 Å². The summed E-state index contributed by atoms with van der Waals surface area (Å²) in [6.45, 7) is 0. The Morgan fingerprint density at radius 3 is 2.71 bits per heavy atom. The predicted octanol–water partition coefficient (Wildman–Crippen LogP) is 1.40. The van der Waals surface area contributed by atoms with Gasteiger partial charge < -0.3 is 10.4 Å². The number of benzene rings is 1. The molecule has 2 atom stereocenters. The van der Waals surface area contributed by atoms with Crippen LogP contribution < -0.4 is 5.32 Å². The van der Waals surface area contributed by atoms with E-state index < -0.39 is 0 Å². The van der Waals surface area contributed by atoms with Crippen molar-refractivity contribution in [3.05, 3.63) is 35.4 Å². The summed E-state index contributed by atoms with van der Waals surface area (Å²) in [6, 6.07) is 9.12. The van der Waals surface area contributed by atoms with Gasteiger partial charge in [0.25, 0.3) is 0 Å². The van der Waals surface area contributed by atoms with E-state index in [1.165, 1.54) is 18.4 Å². The summed E-state index contributed by atoms with van der Waals surface area (Å²) in [4.78, 5) is 0. The number of nitrogens with one attached hydrogen (secondary N) is 1. The van der Waals surface area contributed by atoms with Gasteiger partial charge in [-0.2, -0.15) is 0 Å². The van der Waals surface area contributed by atoms with Crippen molar-refractivity contribution in [1.82, 2.24) is 5.32 Å². The molecule has 1 aromatic carbocycles. The van der Waals surface area contributed by atoms with Crippen LogP contribution in [0.25, 0.3) is 0 Å². The molecule has 0 aliphatic heterocycles. The van der Waals surface area contributed by atoms with E-state index in [1.807, 2.05) is 18.2 Å². The van der Waals surface area contributed by atoms with Gasteiger partial charge in [-0.15, -0.1) is 0 Å². The molecule has 0 amide bonds. The number of aliphatic hydroxyl groups is 1. The fourth-order valence-electron chi connectivity index (χ4n) is 2.28. The third kappa shape index (κ3) is 1.35. The van der Waals surface area contributed by atoms with Crippen LogP contribution in [0.2, 0.25) is 0 Å². The van der Waals surface area contributed by atoms with Gasteiger partial charge in [-0.05, 0) is 30.4 Å². The third-order valence-corrected chi connectivity index (χ3v) is 3.22. The first-order valence-electron chi connectivity index (χ1n) is 5.36. The number of rotatable bonds is 2. The lowest BCUT2D eigenvalue weighted by molar-refractivity contribution is 0.141. The lowest BCUT2D eigenvalue weighted by Gasteiger charge is -2.16. The quantitative estimate of drug-likeness (QED) is 0.737. The maximum atomic E-state index is 10.1. The molecular formula is C12H15NO. The SMILES string of the molecule is OC1c2ccccc2C[C@@H]1NC1CC1. The molecule has 0 aromatic heterocycles. The molecular weight excluding hydrogens is 174 g/mol. The number of aliphatic hydroxyl groups excluding tert-OH is 1. The smallest absolute Gasteiger partial charge is 0.0948 e. The van der Waals surface area contributed by atoms with Gasteiger partial charge in [-0.3, -0.25) is 0 Å². The van der Waals surface area contributed by atoms with Crippen LogP contribution in [0.1, 0.15) is 30.1 Å². The second-order valence-corrected chi connectivity index (χ2v) is 4.40. The zero-order chi connectivity index (χ0) is 9.54. The Balaban J connectivity index is 1.81. The van der Waals surface area contributed by atoms with E-state index >= 15 is 0 Å². The van der Waals surface area contributed by atoms with E-state index in [9.17, 15) is 5.11 Å². The van der Waals surface area contributed by atoms with Crippen LogP contribution in [0.5, 0.6) is 0 Å². The zero-order valence-corrected chi connectivity index (χ0v) is 8.11.